The third-order valence-corrected chi connectivity index (χ3v) is 7.31. The van der Waals surface area contributed by atoms with E-state index >= 15 is 0 Å². The Morgan fingerprint density at radius 2 is 1.71 bits per heavy atom. The summed E-state index contributed by atoms with van der Waals surface area (Å²) in [5.74, 6) is 1.06. The number of nitrogens with one attached hydrogen (secondary N) is 2. The van der Waals surface area contributed by atoms with Gasteiger partial charge in [-0.3, -0.25) is 10.1 Å². The lowest BCUT2D eigenvalue weighted by Gasteiger charge is -2.56. The van der Waals surface area contributed by atoms with Crippen molar-refractivity contribution in [2.45, 2.75) is 44.1 Å². The molecular formula is C21H23N5O4S. The second kappa shape index (κ2) is 7.99. The van der Waals surface area contributed by atoms with E-state index in [0.29, 0.717) is 28.6 Å². The van der Waals surface area contributed by atoms with Crippen LogP contribution in [0.25, 0.3) is 10.8 Å². The molecule has 0 radical (unpaired) electrons. The smallest absolute Gasteiger partial charge is 0.358 e. The summed E-state index contributed by atoms with van der Waals surface area (Å²) in [4.78, 5) is 49.0. The summed E-state index contributed by atoms with van der Waals surface area (Å²) in [6.45, 7) is -0.554. The van der Waals surface area contributed by atoms with Gasteiger partial charge in [-0.25, -0.2) is 24.5 Å². The van der Waals surface area contributed by atoms with Crippen molar-refractivity contribution in [2.24, 2.45) is 17.8 Å². The van der Waals surface area contributed by atoms with Crippen molar-refractivity contribution in [3.05, 3.63) is 29.5 Å². The summed E-state index contributed by atoms with van der Waals surface area (Å²) in [5.41, 5.74) is -0.120. The molecule has 2 heterocycles. The average Bonchev–Trinajstić information content (AvgIpc) is 3.21. The molecule has 4 bridgehead atoms. The van der Waals surface area contributed by atoms with Crippen LogP contribution in [0.4, 0.5) is 4.79 Å². The first-order valence-electron chi connectivity index (χ1n) is 10.5. The highest BCUT2D eigenvalue weighted by Gasteiger charge is 2.51. The van der Waals surface area contributed by atoms with Crippen molar-refractivity contribution < 1.29 is 19.1 Å². The maximum absolute atomic E-state index is 12.4. The van der Waals surface area contributed by atoms with Gasteiger partial charge in [-0.1, -0.05) is 0 Å². The van der Waals surface area contributed by atoms with Crippen LogP contribution in [0.3, 0.4) is 0 Å². The normalized spacial score (nSPS) is 28.2. The minimum absolute atomic E-state index is 0.0678. The topological polar surface area (TPSA) is 123 Å². The Kier molecular flexibility index (Phi) is 5.17. The fourth-order valence-electron chi connectivity index (χ4n) is 5.78. The number of esters is 1. The summed E-state index contributed by atoms with van der Waals surface area (Å²) in [6.07, 6.45) is 9.96. The van der Waals surface area contributed by atoms with Gasteiger partial charge in [-0.2, -0.15) is 0 Å². The molecule has 4 aliphatic rings. The van der Waals surface area contributed by atoms with Gasteiger partial charge in [0, 0.05) is 23.3 Å². The van der Waals surface area contributed by atoms with E-state index in [0.717, 1.165) is 19.3 Å². The molecule has 4 aliphatic carbocycles. The van der Waals surface area contributed by atoms with Crippen LogP contribution in [-0.2, 0) is 9.53 Å². The van der Waals surface area contributed by atoms with Gasteiger partial charge in [0.2, 0.25) is 0 Å². The van der Waals surface area contributed by atoms with E-state index < -0.39 is 24.5 Å². The van der Waals surface area contributed by atoms with Gasteiger partial charge >= 0.3 is 12.0 Å². The largest absolute Gasteiger partial charge is 0.451 e. The third kappa shape index (κ3) is 4.30. The lowest BCUT2D eigenvalue weighted by Crippen LogP contribution is -2.62. The highest BCUT2D eigenvalue weighted by molar-refractivity contribution is 7.13. The Balaban J connectivity index is 1.11. The van der Waals surface area contributed by atoms with Crippen molar-refractivity contribution in [3.63, 3.8) is 0 Å². The molecule has 4 fully saturated rings. The average molecular weight is 442 g/mol. The first kappa shape index (κ1) is 20.0. The lowest BCUT2D eigenvalue weighted by atomic mass is 9.53. The minimum atomic E-state index is -0.741. The van der Waals surface area contributed by atoms with Gasteiger partial charge in [-0.05, 0) is 62.3 Å². The molecule has 0 aromatic carbocycles. The summed E-state index contributed by atoms with van der Waals surface area (Å²) >= 11 is 1.21. The summed E-state index contributed by atoms with van der Waals surface area (Å²) < 4.78 is 5.01. The number of nitrogens with zero attached hydrogens (tertiary/aromatic N) is 3. The fourth-order valence-corrected chi connectivity index (χ4v) is 6.52. The molecule has 162 valence electrons. The molecule has 0 atom stereocenters. The Hall–Kier alpha value is -2.88. The molecule has 9 nitrogen and oxygen atoms in total. The Bertz CT molecular complexity index is 973. The molecule has 0 unspecified atom stereocenters. The van der Waals surface area contributed by atoms with Gasteiger partial charge in [0.25, 0.3) is 5.91 Å². The summed E-state index contributed by atoms with van der Waals surface area (Å²) in [6, 6.07) is 1.17. The van der Waals surface area contributed by atoms with Crippen LogP contribution in [-0.4, -0.2) is 45.0 Å². The van der Waals surface area contributed by atoms with E-state index in [9.17, 15) is 14.4 Å². The lowest BCUT2D eigenvalue weighted by molar-refractivity contribution is -0.123. The van der Waals surface area contributed by atoms with Crippen LogP contribution < -0.4 is 10.6 Å². The maximum Gasteiger partial charge on any atom is 0.358 e. The van der Waals surface area contributed by atoms with Crippen LogP contribution in [0.1, 0.15) is 49.0 Å². The monoisotopic (exact) mass is 441 g/mol. The number of carbonyl (C=O) groups excluding carboxylic acids is 3. The zero-order valence-corrected chi connectivity index (χ0v) is 17.7. The first-order chi connectivity index (χ1) is 15.0. The molecule has 2 aromatic rings. The number of hydrogen-bond donors (Lipinski definition) is 2. The number of amides is 3. The van der Waals surface area contributed by atoms with Gasteiger partial charge in [0.05, 0.1) is 0 Å². The van der Waals surface area contributed by atoms with E-state index in [1.54, 1.807) is 18.5 Å². The van der Waals surface area contributed by atoms with Gasteiger partial charge in [0.15, 0.2) is 23.1 Å². The fraction of sp³-hybridized carbons (Fsp3) is 0.524. The number of carbonyl (C=O) groups is 3. The van der Waals surface area contributed by atoms with Crippen molar-refractivity contribution >= 4 is 29.2 Å². The van der Waals surface area contributed by atoms with Crippen LogP contribution in [0.5, 0.6) is 0 Å². The van der Waals surface area contributed by atoms with E-state index in [1.165, 1.54) is 36.0 Å². The molecule has 2 N–H and O–H groups in total. The summed E-state index contributed by atoms with van der Waals surface area (Å²) in [7, 11) is 0. The molecule has 0 saturated heterocycles. The number of aromatic nitrogens is 3. The second-order valence-corrected chi connectivity index (χ2v) is 9.74. The van der Waals surface area contributed by atoms with Crippen LogP contribution in [0.2, 0.25) is 0 Å². The Morgan fingerprint density at radius 3 is 2.35 bits per heavy atom. The quantitative estimate of drug-likeness (QED) is 0.684. The minimum Gasteiger partial charge on any atom is -0.451 e. The molecule has 0 spiro atoms. The molecule has 10 heteroatoms. The van der Waals surface area contributed by atoms with Crippen LogP contribution in [0.15, 0.2) is 23.8 Å². The molecule has 31 heavy (non-hydrogen) atoms. The zero-order valence-electron chi connectivity index (χ0n) is 16.9. The van der Waals surface area contributed by atoms with Crippen molar-refractivity contribution in [1.29, 1.82) is 0 Å². The number of thiazole rings is 1. The van der Waals surface area contributed by atoms with Crippen LogP contribution in [0, 0.1) is 17.8 Å². The predicted molar refractivity (Wildman–Crippen MR) is 111 cm³/mol. The molecular weight excluding hydrogens is 418 g/mol. The van der Waals surface area contributed by atoms with E-state index in [4.69, 9.17) is 4.74 Å². The molecule has 0 aliphatic heterocycles. The van der Waals surface area contributed by atoms with Crippen molar-refractivity contribution in [2.75, 3.05) is 6.61 Å². The van der Waals surface area contributed by atoms with E-state index in [-0.39, 0.29) is 11.2 Å². The Labute approximate surface area is 183 Å². The second-order valence-electron chi connectivity index (χ2n) is 8.89. The number of rotatable bonds is 5. The van der Waals surface area contributed by atoms with E-state index in [2.05, 4.69) is 25.6 Å². The Morgan fingerprint density at radius 1 is 1.06 bits per heavy atom. The maximum atomic E-state index is 12.4. The number of ether oxygens (including phenoxy) is 1. The van der Waals surface area contributed by atoms with Crippen LogP contribution >= 0.6 is 11.3 Å². The number of imide groups is 1. The highest BCUT2D eigenvalue weighted by atomic mass is 32.1. The van der Waals surface area contributed by atoms with Crippen molar-refractivity contribution in [3.8, 4) is 10.8 Å². The first-order valence-corrected chi connectivity index (χ1v) is 11.4. The zero-order chi connectivity index (χ0) is 21.4. The third-order valence-electron chi connectivity index (χ3n) is 6.47. The number of urea groups is 1. The molecule has 6 rings (SSSR count). The van der Waals surface area contributed by atoms with E-state index in [1.807, 2.05) is 0 Å². The van der Waals surface area contributed by atoms with Gasteiger partial charge < -0.3 is 10.1 Å². The van der Waals surface area contributed by atoms with Crippen molar-refractivity contribution in [1.82, 2.24) is 25.6 Å². The predicted octanol–water partition coefficient (Wildman–Crippen LogP) is 2.55. The number of hydrogen-bond acceptors (Lipinski definition) is 8. The standard InChI is InChI=1S/C21H23N5O4S/c27-16(10-30-19(28)15-11-31-18(24-15)17-22-2-1-3-23-17)25-20(29)26-21-7-12-4-13(8-21)6-14(5-12)9-21/h1-3,11-14H,4-10H2,(H2,25,26,27,29). The molecule has 2 aromatic heterocycles. The van der Waals surface area contributed by atoms with Gasteiger partial charge in [-0.15, -0.1) is 11.3 Å². The molecule has 4 saturated carbocycles. The molecule has 3 amide bonds. The summed E-state index contributed by atoms with van der Waals surface area (Å²) in [5, 5.41) is 7.35. The van der Waals surface area contributed by atoms with Gasteiger partial charge in [0.1, 0.15) is 0 Å². The highest BCUT2D eigenvalue weighted by Crippen LogP contribution is 2.55. The SMILES string of the molecule is O=C(COC(=O)c1csc(-c2ncccn2)n1)NC(=O)NC12CC3CC(CC(C3)C1)C2.